The molecular weight excluding hydrogens is 223 g/mol. The normalized spacial score (nSPS) is 9.92. The zero-order valence-corrected chi connectivity index (χ0v) is 8.19. The van der Waals surface area contributed by atoms with Crippen LogP contribution in [0.1, 0.15) is 22.8 Å². The third kappa shape index (κ3) is 1.72. The van der Waals surface area contributed by atoms with Gasteiger partial charge in [-0.15, -0.1) is 0 Å². The van der Waals surface area contributed by atoms with Gasteiger partial charge in [-0.25, -0.2) is 4.39 Å². The molecule has 1 aromatic carbocycles. The van der Waals surface area contributed by atoms with Crippen LogP contribution in [0.2, 0.25) is 0 Å². The summed E-state index contributed by atoms with van der Waals surface area (Å²) in [6, 6.07) is 4.82. The Labute approximate surface area is 78.7 Å². The van der Waals surface area contributed by atoms with Crippen molar-refractivity contribution in [3.05, 3.63) is 35.1 Å². The van der Waals surface area contributed by atoms with Crippen molar-refractivity contribution in [2.24, 2.45) is 0 Å². The molecule has 1 nitrogen and oxygen atoms in total. The number of alkyl halides is 1. The van der Waals surface area contributed by atoms with E-state index in [0.29, 0.717) is 10.9 Å². The first-order chi connectivity index (χ1) is 5.66. The first kappa shape index (κ1) is 9.39. The molecule has 3 heteroatoms. The Bertz CT molecular complexity index is 309. The van der Waals surface area contributed by atoms with Crippen LogP contribution in [-0.4, -0.2) is 5.78 Å². The van der Waals surface area contributed by atoms with E-state index in [1.807, 2.05) is 0 Å². The van der Waals surface area contributed by atoms with Gasteiger partial charge < -0.3 is 0 Å². The minimum atomic E-state index is -0.415. The van der Waals surface area contributed by atoms with Gasteiger partial charge in [0.15, 0.2) is 5.78 Å². The molecular formula is C9H8BrFO. The maximum absolute atomic E-state index is 13.3. The van der Waals surface area contributed by atoms with Crippen molar-refractivity contribution >= 4 is 21.7 Å². The van der Waals surface area contributed by atoms with Crippen LogP contribution in [0.3, 0.4) is 0 Å². The summed E-state index contributed by atoms with van der Waals surface area (Å²) in [5.41, 5.74) is 0.676. The third-order valence-electron chi connectivity index (χ3n) is 1.60. The molecule has 0 aromatic heterocycles. The van der Waals surface area contributed by atoms with E-state index in [9.17, 15) is 9.18 Å². The number of benzene rings is 1. The summed E-state index contributed by atoms with van der Waals surface area (Å²) >= 11 is 3.14. The van der Waals surface area contributed by atoms with Crippen molar-refractivity contribution < 1.29 is 9.18 Å². The lowest BCUT2D eigenvalue weighted by molar-refractivity contribution is 0.101. The van der Waals surface area contributed by atoms with Gasteiger partial charge in [-0.3, -0.25) is 4.79 Å². The Morgan fingerprint density at radius 1 is 1.58 bits per heavy atom. The predicted molar refractivity (Wildman–Crippen MR) is 49.0 cm³/mol. The SMILES string of the molecule is CC(=O)c1cccc(CBr)c1F. The highest BCUT2D eigenvalue weighted by Gasteiger charge is 2.09. The van der Waals surface area contributed by atoms with Crippen molar-refractivity contribution in [2.45, 2.75) is 12.3 Å². The monoisotopic (exact) mass is 230 g/mol. The summed E-state index contributed by atoms with van der Waals surface area (Å²) in [6.07, 6.45) is 0. The standard InChI is InChI=1S/C9H8BrFO/c1-6(12)8-4-2-3-7(5-10)9(8)11/h2-4H,5H2,1H3. The average Bonchev–Trinajstić information content (AvgIpc) is 2.04. The van der Waals surface area contributed by atoms with E-state index in [4.69, 9.17) is 0 Å². The van der Waals surface area contributed by atoms with Gasteiger partial charge in [-0.05, 0) is 18.6 Å². The highest BCUT2D eigenvalue weighted by atomic mass is 79.9. The van der Waals surface area contributed by atoms with Crippen LogP contribution in [0, 0.1) is 5.82 Å². The van der Waals surface area contributed by atoms with Crippen LogP contribution >= 0.6 is 15.9 Å². The van der Waals surface area contributed by atoms with Crippen molar-refractivity contribution in [3.8, 4) is 0 Å². The zero-order chi connectivity index (χ0) is 9.14. The summed E-state index contributed by atoms with van der Waals surface area (Å²) in [7, 11) is 0. The predicted octanol–water partition coefficient (Wildman–Crippen LogP) is 2.92. The van der Waals surface area contributed by atoms with Crippen molar-refractivity contribution in [3.63, 3.8) is 0 Å². The fraction of sp³-hybridized carbons (Fsp3) is 0.222. The van der Waals surface area contributed by atoms with E-state index in [1.54, 1.807) is 12.1 Å². The Morgan fingerprint density at radius 3 is 2.75 bits per heavy atom. The van der Waals surface area contributed by atoms with Crippen LogP contribution < -0.4 is 0 Å². The summed E-state index contributed by atoms with van der Waals surface area (Å²) in [4.78, 5) is 10.9. The molecule has 0 atom stereocenters. The van der Waals surface area contributed by atoms with Crippen LogP contribution in [0.4, 0.5) is 4.39 Å². The molecule has 0 radical (unpaired) electrons. The highest BCUT2D eigenvalue weighted by molar-refractivity contribution is 9.08. The Morgan fingerprint density at radius 2 is 2.25 bits per heavy atom. The molecule has 1 rings (SSSR count). The summed E-state index contributed by atoms with van der Waals surface area (Å²) in [6.45, 7) is 1.36. The van der Waals surface area contributed by atoms with Crippen molar-refractivity contribution in [1.29, 1.82) is 0 Å². The number of hydrogen-bond donors (Lipinski definition) is 0. The van der Waals surface area contributed by atoms with Crippen LogP contribution in [0.5, 0.6) is 0 Å². The molecule has 0 amide bonds. The Balaban J connectivity index is 3.23. The maximum Gasteiger partial charge on any atom is 0.162 e. The van der Waals surface area contributed by atoms with E-state index in [-0.39, 0.29) is 11.3 Å². The minimum Gasteiger partial charge on any atom is -0.294 e. The molecule has 0 aliphatic rings. The number of rotatable bonds is 2. The van der Waals surface area contributed by atoms with E-state index < -0.39 is 5.82 Å². The molecule has 0 aliphatic carbocycles. The summed E-state index contributed by atoms with van der Waals surface area (Å²) in [5, 5.41) is 0.431. The molecule has 64 valence electrons. The molecule has 0 N–H and O–H groups in total. The Hall–Kier alpha value is -0.700. The Kier molecular flexibility index (Phi) is 2.98. The van der Waals surface area contributed by atoms with Crippen LogP contribution in [-0.2, 0) is 5.33 Å². The largest absolute Gasteiger partial charge is 0.294 e. The fourth-order valence-corrected chi connectivity index (χ4v) is 1.39. The van der Waals surface area contributed by atoms with Crippen LogP contribution in [0.15, 0.2) is 18.2 Å². The summed E-state index contributed by atoms with van der Waals surface area (Å²) in [5.74, 6) is -0.655. The first-order valence-corrected chi connectivity index (χ1v) is 4.63. The maximum atomic E-state index is 13.3. The number of hydrogen-bond acceptors (Lipinski definition) is 1. The molecule has 0 fully saturated rings. The molecule has 1 aromatic rings. The van der Waals surface area contributed by atoms with E-state index in [2.05, 4.69) is 15.9 Å². The second-order valence-electron chi connectivity index (χ2n) is 2.47. The molecule has 0 saturated carbocycles. The molecule has 0 spiro atoms. The molecule has 12 heavy (non-hydrogen) atoms. The van der Waals surface area contributed by atoms with E-state index in [0.717, 1.165) is 0 Å². The second-order valence-corrected chi connectivity index (χ2v) is 3.03. The molecule has 0 saturated heterocycles. The molecule has 0 aliphatic heterocycles. The van der Waals surface area contributed by atoms with Crippen molar-refractivity contribution in [1.82, 2.24) is 0 Å². The highest BCUT2D eigenvalue weighted by Crippen LogP contribution is 2.15. The van der Waals surface area contributed by atoms with E-state index in [1.165, 1.54) is 13.0 Å². The topological polar surface area (TPSA) is 17.1 Å². The van der Waals surface area contributed by atoms with Gasteiger partial charge in [0.25, 0.3) is 0 Å². The first-order valence-electron chi connectivity index (χ1n) is 3.51. The number of carbonyl (C=O) groups excluding carboxylic acids is 1. The van der Waals surface area contributed by atoms with Crippen molar-refractivity contribution in [2.75, 3.05) is 0 Å². The minimum absolute atomic E-state index is 0.159. The third-order valence-corrected chi connectivity index (χ3v) is 2.21. The van der Waals surface area contributed by atoms with E-state index >= 15 is 0 Å². The molecule has 0 bridgehead atoms. The van der Waals surface area contributed by atoms with Gasteiger partial charge in [0.1, 0.15) is 5.82 Å². The van der Waals surface area contributed by atoms with Gasteiger partial charge >= 0.3 is 0 Å². The number of halogens is 2. The van der Waals surface area contributed by atoms with Gasteiger partial charge in [0.2, 0.25) is 0 Å². The lowest BCUT2D eigenvalue weighted by Gasteiger charge is -2.01. The number of ketones is 1. The molecule has 0 unspecified atom stereocenters. The fourth-order valence-electron chi connectivity index (χ4n) is 0.955. The number of Topliss-reactive ketones (excluding diaryl/α,β-unsaturated/α-hetero) is 1. The molecule has 0 heterocycles. The van der Waals surface area contributed by atoms with Gasteiger partial charge in [-0.2, -0.15) is 0 Å². The van der Waals surface area contributed by atoms with Gasteiger partial charge in [0.05, 0.1) is 5.56 Å². The van der Waals surface area contributed by atoms with Gasteiger partial charge in [0, 0.05) is 5.33 Å². The number of carbonyl (C=O) groups is 1. The quantitative estimate of drug-likeness (QED) is 0.564. The lowest BCUT2D eigenvalue weighted by Crippen LogP contribution is -1.99. The van der Waals surface area contributed by atoms with Gasteiger partial charge in [-0.1, -0.05) is 28.1 Å². The average molecular weight is 231 g/mol. The van der Waals surface area contributed by atoms with Crippen LogP contribution in [0.25, 0.3) is 0 Å². The summed E-state index contributed by atoms with van der Waals surface area (Å²) < 4.78 is 13.3. The second kappa shape index (κ2) is 3.81. The smallest absolute Gasteiger partial charge is 0.162 e. The zero-order valence-electron chi connectivity index (χ0n) is 6.60. The lowest BCUT2D eigenvalue weighted by atomic mass is 10.1.